The Hall–Kier alpha value is -1.32. The first-order valence-corrected chi connectivity index (χ1v) is 6.96. The summed E-state index contributed by atoms with van der Waals surface area (Å²) >= 11 is 3.44. The van der Waals surface area contributed by atoms with E-state index in [9.17, 15) is 5.11 Å². The largest absolute Gasteiger partial charge is 0.497 e. The predicted octanol–water partition coefficient (Wildman–Crippen LogP) is 4.04. The average Bonchev–Trinajstić information content (AvgIpc) is 2.42. The highest BCUT2D eigenvalue weighted by atomic mass is 79.9. The van der Waals surface area contributed by atoms with E-state index in [1.807, 2.05) is 49.4 Å². The van der Waals surface area contributed by atoms with Gasteiger partial charge in [-0.2, -0.15) is 0 Å². The maximum atomic E-state index is 10.4. The lowest BCUT2D eigenvalue weighted by atomic mass is 9.98. The molecule has 0 fully saturated rings. The highest BCUT2D eigenvalue weighted by Gasteiger charge is 2.11. The first-order chi connectivity index (χ1) is 9.10. The molecule has 2 nitrogen and oxygen atoms in total. The molecule has 2 aromatic carbocycles. The number of hydrogen-bond donors (Lipinski definition) is 1. The van der Waals surface area contributed by atoms with Gasteiger partial charge in [-0.3, -0.25) is 0 Å². The molecule has 3 heteroatoms. The third-order valence-electron chi connectivity index (χ3n) is 3.19. The summed E-state index contributed by atoms with van der Waals surface area (Å²) in [7, 11) is 1.65. The van der Waals surface area contributed by atoms with Crippen LogP contribution in [0.3, 0.4) is 0 Å². The number of rotatable bonds is 4. The highest BCUT2D eigenvalue weighted by molar-refractivity contribution is 9.10. The lowest BCUT2D eigenvalue weighted by Gasteiger charge is -2.14. The Morgan fingerprint density at radius 2 is 1.84 bits per heavy atom. The minimum absolute atomic E-state index is 0.495. The Labute approximate surface area is 122 Å². The molecule has 2 rings (SSSR count). The van der Waals surface area contributed by atoms with Crippen LogP contribution in [0, 0.1) is 6.92 Å². The van der Waals surface area contributed by atoms with E-state index in [1.165, 1.54) is 0 Å². The van der Waals surface area contributed by atoms with Gasteiger partial charge in [0.25, 0.3) is 0 Å². The van der Waals surface area contributed by atoms with Gasteiger partial charge in [-0.25, -0.2) is 0 Å². The van der Waals surface area contributed by atoms with Crippen molar-refractivity contribution in [1.82, 2.24) is 0 Å². The normalized spacial score (nSPS) is 12.2. The van der Waals surface area contributed by atoms with Gasteiger partial charge in [0.2, 0.25) is 0 Å². The van der Waals surface area contributed by atoms with Crippen molar-refractivity contribution in [2.24, 2.45) is 0 Å². The van der Waals surface area contributed by atoms with Crippen LogP contribution >= 0.6 is 15.9 Å². The van der Waals surface area contributed by atoms with Crippen LogP contribution in [0.5, 0.6) is 5.75 Å². The van der Waals surface area contributed by atoms with E-state index in [1.54, 1.807) is 7.11 Å². The second-order valence-corrected chi connectivity index (χ2v) is 5.48. The highest BCUT2D eigenvalue weighted by Crippen LogP contribution is 2.25. The monoisotopic (exact) mass is 320 g/mol. The van der Waals surface area contributed by atoms with Crippen molar-refractivity contribution in [2.45, 2.75) is 19.4 Å². The van der Waals surface area contributed by atoms with Gasteiger partial charge in [0.15, 0.2) is 0 Å². The predicted molar refractivity (Wildman–Crippen MR) is 80.5 cm³/mol. The van der Waals surface area contributed by atoms with Crippen molar-refractivity contribution in [1.29, 1.82) is 0 Å². The molecule has 0 spiro atoms. The molecule has 0 radical (unpaired) electrons. The van der Waals surface area contributed by atoms with Crippen LogP contribution in [0.2, 0.25) is 0 Å². The molecule has 0 aromatic heterocycles. The zero-order valence-corrected chi connectivity index (χ0v) is 12.6. The fourth-order valence-electron chi connectivity index (χ4n) is 2.07. The van der Waals surface area contributed by atoms with Crippen LogP contribution in [0.25, 0.3) is 0 Å². The minimum atomic E-state index is -0.495. The third-order valence-corrected chi connectivity index (χ3v) is 3.68. The van der Waals surface area contributed by atoms with Crippen LogP contribution in [0.15, 0.2) is 46.9 Å². The van der Waals surface area contributed by atoms with E-state index in [2.05, 4.69) is 15.9 Å². The van der Waals surface area contributed by atoms with Crippen LogP contribution in [0.4, 0.5) is 0 Å². The molecule has 0 bridgehead atoms. The Morgan fingerprint density at radius 3 is 2.47 bits per heavy atom. The van der Waals surface area contributed by atoms with Crippen molar-refractivity contribution >= 4 is 15.9 Å². The molecule has 0 aliphatic rings. The van der Waals surface area contributed by atoms with Crippen LogP contribution in [-0.2, 0) is 6.42 Å². The number of ether oxygens (including phenoxy) is 1. The van der Waals surface area contributed by atoms with Crippen LogP contribution in [0.1, 0.15) is 22.8 Å². The molecule has 0 saturated heterocycles. The second-order valence-electron chi connectivity index (χ2n) is 4.57. The molecule has 1 N–H and O–H groups in total. The molecular formula is C16H17BrO2. The number of benzene rings is 2. The molecular weight excluding hydrogens is 304 g/mol. The van der Waals surface area contributed by atoms with E-state index < -0.39 is 6.10 Å². The van der Waals surface area contributed by atoms with Gasteiger partial charge >= 0.3 is 0 Å². The van der Waals surface area contributed by atoms with Gasteiger partial charge in [-0.1, -0.05) is 34.1 Å². The zero-order valence-electron chi connectivity index (χ0n) is 11.1. The van der Waals surface area contributed by atoms with E-state index >= 15 is 0 Å². The lowest BCUT2D eigenvalue weighted by Crippen LogP contribution is -2.04. The Bertz CT molecular complexity index is 549. The quantitative estimate of drug-likeness (QED) is 0.921. The fourth-order valence-corrected chi connectivity index (χ4v) is 2.44. The Morgan fingerprint density at radius 1 is 1.16 bits per heavy atom. The van der Waals surface area contributed by atoms with Crippen LogP contribution < -0.4 is 4.74 Å². The van der Waals surface area contributed by atoms with Crippen molar-refractivity contribution < 1.29 is 9.84 Å². The minimum Gasteiger partial charge on any atom is -0.497 e. The summed E-state index contributed by atoms with van der Waals surface area (Å²) in [5.74, 6) is 0.830. The van der Waals surface area contributed by atoms with E-state index in [0.29, 0.717) is 6.42 Å². The number of aryl methyl sites for hydroxylation is 1. The van der Waals surface area contributed by atoms with Gasteiger partial charge in [0.05, 0.1) is 13.2 Å². The van der Waals surface area contributed by atoms with Crippen molar-refractivity contribution in [3.05, 3.63) is 63.6 Å². The summed E-state index contributed by atoms with van der Waals surface area (Å²) in [6, 6.07) is 13.8. The summed E-state index contributed by atoms with van der Waals surface area (Å²) in [6.07, 6.45) is 0.104. The standard InChI is InChI=1S/C16H17BrO2/c1-11-3-6-13(17)10-15(11)16(18)9-12-4-7-14(19-2)8-5-12/h3-8,10,16,18H,9H2,1-2H3. The third kappa shape index (κ3) is 3.58. The fraction of sp³-hybridized carbons (Fsp3) is 0.250. The number of halogens is 1. The molecule has 0 heterocycles. The first-order valence-electron chi connectivity index (χ1n) is 6.17. The molecule has 0 aliphatic heterocycles. The van der Waals surface area contributed by atoms with E-state index in [4.69, 9.17) is 4.74 Å². The first kappa shape index (κ1) is 14.1. The summed E-state index contributed by atoms with van der Waals surface area (Å²) in [5, 5.41) is 10.4. The Balaban J connectivity index is 2.15. The van der Waals surface area contributed by atoms with Gasteiger partial charge in [0.1, 0.15) is 5.75 Å². The molecule has 2 aromatic rings. The van der Waals surface area contributed by atoms with Crippen molar-refractivity contribution in [3.8, 4) is 5.75 Å². The topological polar surface area (TPSA) is 29.5 Å². The van der Waals surface area contributed by atoms with Gasteiger partial charge < -0.3 is 9.84 Å². The maximum Gasteiger partial charge on any atom is 0.118 e. The summed E-state index contributed by atoms with van der Waals surface area (Å²) in [6.45, 7) is 2.01. The second kappa shape index (κ2) is 6.22. The molecule has 100 valence electrons. The molecule has 0 amide bonds. The number of methoxy groups -OCH3 is 1. The van der Waals surface area contributed by atoms with Crippen molar-refractivity contribution in [2.75, 3.05) is 7.11 Å². The van der Waals surface area contributed by atoms with E-state index in [0.717, 1.165) is 26.9 Å². The Kier molecular flexibility index (Phi) is 4.61. The van der Waals surface area contributed by atoms with Gasteiger partial charge in [0, 0.05) is 10.9 Å². The number of aliphatic hydroxyl groups is 1. The molecule has 0 saturated carbocycles. The smallest absolute Gasteiger partial charge is 0.118 e. The molecule has 1 atom stereocenters. The molecule has 1 unspecified atom stereocenters. The summed E-state index contributed by atoms with van der Waals surface area (Å²) in [5.41, 5.74) is 3.15. The SMILES string of the molecule is COc1ccc(CC(O)c2cc(Br)ccc2C)cc1. The zero-order chi connectivity index (χ0) is 13.8. The summed E-state index contributed by atoms with van der Waals surface area (Å²) < 4.78 is 6.11. The van der Waals surface area contributed by atoms with Crippen molar-refractivity contribution in [3.63, 3.8) is 0 Å². The molecule has 19 heavy (non-hydrogen) atoms. The number of aliphatic hydroxyl groups excluding tert-OH is 1. The van der Waals surface area contributed by atoms with Gasteiger partial charge in [-0.05, 0) is 47.9 Å². The van der Waals surface area contributed by atoms with Crippen LogP contribution in [-0.4, -0.2) is 12.2 Å². The van der Waals surface area contributed by atoms with E-state index in [-0.39, 0.29) is 0 Å². The summed E-state index contributed by atoms with van der Waals surface area (Å²) in [4.78, 5) is 0. The van der Waals surface area contributed by atoms with Gasteiger partial charge in [-0.15, -0.1) is 0 Å². The average molecular weight is 321 g/mol. The lowest BCUT2D eigenvalue weighted by molar-refractivity contribution is 0.177. The maximum absolute atomic E-state index is 10.4. The molecule has 0 aliphatic carbocycles. The number of hydrogen-bond acceptors (Lipinski definition) is 2.